The number of nitrogens with zero attached hydrogens (tertiary/aromatic N) is 1. The van der Waals surface area contributed by atoms with Gasteiger partial charge in [0.1, 0.15) is 11.2 Å². The van der Waals surface area contributed by atoms with E-state index in [2.05, 4.69) is 91.5 Å². The molecule has 7 aromatic rings. The first-order valence-corrected chi connectivity index (χ1v) is 14.9. The van der Waals surface area contributed by atoms with Crippen molar-refractivity contribution in [3.63, 3.8) is 0 Å². The van der Waals surface area contributed by atoms with Crippen molar-refractivity contribution in [3.05, 3.63) is 149 Å². The second-order valence-corrected chi connectivity index (χ2v) is 12.1. The number of para-hydroxylation sites is 4. The molecule has 2 aliphatic rings. The highest BCUT2D eigenvalue weighted by molar-refractivity contribution is 5.97. The van der Waals surface area contributed by atoms with Gasteiger partial charge in [-0.3, -0.25) is 4.79 Å². The lowest BCUT2D eigenvalue weighted by Gasteiger charge is -2.45. The van der Waals surface area contributed by atoms with E-state index in [4.69, 9.17) is 9.15 Å². The molecule has 210 valence electrons. The molecular weight excluding hydrogens is 542 g/mol. The van der Waals surface area contributed by atoms with Crippen LogP contribution in [0.1, 0.15) is 25.0 Å². The van der Waals surface area contributed by atoms with Crippen LogP contribution in [0.4, 0.5) is 17.1 Å². The van der Waals surface area contributed by atoms with E-state index < -0.39 is 0 Å². The molecule has 0 fully saturated rings. The Bertz CT molecular complexity index is 2380. The fraction of sp³-hybridized carbons (Fsp3) is 0.0750. The van der Waals surface area contributed by atoms with Crippen LogP contribution in [-0.4, -0.2) is 0 Å². The summed E-state index contributed by atoms with van der Waals surface area (Å²) in [5.41, 5.74) is 11.0. The van der Waals surface area contributed by atoms with Crippen molar-refractivity contribution in [2.24, 2.45) is 0 Å². The maximum atomic E-state index is 13.4. The van der Waals surface area contributed by atoms with Gasteiger partial charge in [-0.2, -0.15) is 0 Å². The fourth-order valence-electron chi connectivity index (χ4n) is 7.15. The van der Waals surface area contributed by atoms with Crippen molar-refractivity contribution in [2.75, 3.05) is 4.90 Å². The van der Waals surface area contributed by atoms with Crippen LogP contribution >= 0.6 is 0 Å². The van der Waals surface area contributed by atoms with E-state index in [0.717, 1.165) is 45.1 Å². The molecule has 0 radical (unpaired) electrons. The number of rotatable bonds is 2. The molecule has 0 saturated carbocycles. The summed E-state index contributed by atoms with van der Waals surface area (Å²) in [5.74, 6) is 1.71. The van der Waals surface area contributed by atoms with Crippen molar-refractivity contribution in [3.8, 4) is 33.8 Å². The summed E-state index contributed by atoms with van der Waals surface area (Å²) in [6.07, 6.45) is 0. The molecule has 0 bridgehead atoms. The van der Waals surface area contributed by atoms with Crippen molar-refractivity contribution in [2.45, 2.75) is 19.3 Å². The largest absolute Gasteiger partial charge is 0.456 e. The molecule has 0 unspecified atom stereocenters. The van der Waals surface area contributed by atoms with E-state index in [9.17, 15) is 4.79 Å². The lowest BCUT2D eigenvalue weighted by molar-refractivity contribution is 0.471. The molecule has 44 heavy (non-hydrogen) atoms. The standard InChI is InChI=1S/C40H27NO3/c1-40(2)30-13-4-5-14-31(30)41-32-15-6-8-17-35(32)44-36-21-19-27(37(40)38(36)41)26-11-9-10-24(22-26)25-18-20-34-29(23-25)39(42)28-12-3-7-16-33(28)43-34/h3-23H,1-2H3. The van der Waals surface area contributed by atoms with Gasteiger partial charge in [-0.1, -0.05) is 86.6 Å². The summed E-state index contributed by atoms with van der Waals surface area (Å²) in [7, 11) is 0. The van der Waals surface area contributed by atoms with Crippen LogP contribution in [-0.2, 0) is 5.41 Å². The third-order valence-electron chi connectivity index (χ3n) is 9.22. The predicted molar refractivity (Wildman–Crippen MR) is 178 cm³/mol. The molecule has 3 heterocycles. The van der Waals surface area contributed by atoms with Crippen molar-refractivity contribution in [1.82, 2.24) is 0 Å². The van der Waals surface area contributed by atoms with Gasteiger partial charge in [-0.15, -0.1) is 0 Å². The van der Waals surface area contributed by atoms with Crippen LogP contribution in [0.25, 0.3) is 44.2 Å². The summed E-state index contributed by atoms with van der Waals surface area (Å²) in [6.45, 7) is 4.61. The monoisotopic (exact) mass is 569 g/mol. The highest BCUT2D eigenvalue weighted by Crippen LogP contribution is 2.61. The molecule has 0 N–H and O–H groups in total. The van der Waals surface area contributed by atoms with Crippen LogP contribution in [0.2, 0.25) is 0 Å². The summed E-state index contributed by atoms with van der Waals surface area (Å²) < 4.78 is 12.6. The van der Waals surface area contributed by atoms with Crippen LogP contribution in [0.3, 0.4) is 0 Å². The zero-order valence-electron chi connectivity index (χ0n) is 24.3. The van der Waals surface area contributed by atoms with Gasteiger partial charge in [0, 0.05) is 5.41 Å². The lowest BCUT2D eigenvalue weighted by Crippen LogP contribution is -2.33. The zero-order valence-corrected chi connectivity index (χ0v) is 24.3. The Labute approximate surface area is 254 Å². The van der Waals surface area contributed by atoms with Crippen LogP contribution in [0.5, 0.6) is 11.5 Å². The Morgan fingerprint density at radius 2 is 1.32 bits per heavy atom. The molecule has 0 amide bonds. The lowest BCUT2D eigenvalue weighted by atomic mass is 9.70. The van der Waals surface area contributed by atoms with Gasteiger partial charge in [0.05, 0.1) is 27.8 Å². The Kier molecular flexibility index (Phi) is 5.07. The van der Waals surface area contributed by atoms with Crippen LogP contribution < -0.4 is 15.1 Å². The van der Waals surface area contributed by atoms with Crippen molar-refractivity contribution < 1.29 is 9.15 Å². The van der Waals surface area contributed by atoms with E-state index in [1.807, 2.05) is 54.6 Å². The molecule has 6 aromatic carbocycles. The fourth-order valence-corrected chi connectivity index (χ4v) is 7.15. The zero-order chi connectivity index (χ0) is 29.6. The molecule has 2 aliphatic heterocycles. The van der Waals surface area contributed by atoms with Crippen molar-refractivity contribution in [1.29, 1.82) is 0 Å². The number of anilines is 3. The third-order valence-corrected chi connectivity index (χ3v) is 9.22. The number of ether oxygens (including phenoxy) is 1. The molecule has 9 rings (SSSR count). The topological polar surface area (TPSA) is 42.7 Å². The smallest absolute Gasteiger partial charge is 0.200 e. The maximum absolute atomic E-state index is 13.4. The summed E-state index contributed by atoms with van der Waals surface area (Å²) in [6, 6.07) is 43.1. The SMILES string of the molecule is CC1(C)c2ccccc2N2c3ccccc3Oc3ccc(-c4cccc(-c5ccc6oc7ccccc7c(=O)c6c5)c4)c1c32. The normalized spacial score (nSPS) is 14.1. The number of hydrogen-bond acceptors (Lipinski definition) is 4. The first-order chi connectivity index (χ1) is 21.5. The van der Waals surface area contributed by atoms with E-state index in [1.165, 1.54) is 16.8 Å². The highest BCUT2D eigenvalue weighted by atomic mass is 16.5. The maximum Gasteiger partial charge on any atom is 0.200 e. The third kappa shape index (κ3) is 3.42. The number of hydrogen-bond donors (Lipinski definition) is 0. The molecule has 0 saturated heterocycles. The van der Waals surface area contributed by atoms with E-state index in [0.29, 0.717) is 21.9 Å². The summed E-state index contributed by atoms with van der Waals surface area (Å²) in [4.78, 5) is 15.8. The van der Waals surface area contributed by atoms with Gasteiger partial charge in [-0.25, -0.2) is 0 Å². The molecular formula is C40H27NO3. The molecule has 0 atom stereocenters. The first kappa shape index (κ1) is 24.9. The second kappa shape index (κ2) is 8.95. The minimum Gasteiger partial charge on any atom is -0.456 e. The molecule has 1 aromatic heterocycles. The van der Waals surface area contributed by atoms with E-state index >= 15 is 0 Å². The quantitative estimate of drug-likeness (QED) is 0.194. The summed E-state index contributed by atoms with van der Waals surface area (Å²) >= 11 is 0. The Morgan fingerprint density at radius 1 is 0.591 bits per heavy atom. The van der Waals surface area contributed by atoms with Gasteiger partial charge >= 0.3 is 0 Å². The Hall–Kier alpha value is -5.61. The average molecular weight is 570 g/mol. The molecule has 4 nitrogen and oxygen atoms in total. The average Bonchev–Trinajstić information content (AvgIpc) is 3.06. The van der Waals surface area contributed by atoms with Gasteiger partial charge in [0.25, 0.3) is 0 Å². The highest BCUT2D eigenvalue weighted by Gasteiger charge is 2.43. The predicted octanol–water partition coefficient (Wildman–Crippen LogP) is 10.5. The molecule has 0 aliphatic carbocycles. The number of benzene rings is 6. The summed E-state index contributed by atoms with van der Waals surface area (Å²) in [5, 5.41) is 1.18. The minimum absolute atomic E-state index is 0.0141. The van der Waals surface area contributed by atoms with Crippen LogP contribution in [0, 0.1) is 0 Å². The Balaban J connectivity index is 1.25. The number of fused-ring (bicyclic) bond motifs is 6. The Morgan fingerprint density at radius 3 is 2.23 bits per heavy atom. The van der Waals surface area contributed by atoms with Crippen molar-refractivity contribution >= 4 is 39.0 Å². The van der Waals surface area contributed by atoms with E-state index in [1.54, 1.807) is 0 Å². The van der Waals surface area contributed by atoms with Gasteiger partial charge in [-0.05, 0) is 88.0 Å². The molecule has 0 spiro atoms. The van der Waals surface area contributed by atoms with Gasteiger partial charge < -0.3 is 14.1 Å². The van der Waals surface area contributed by atoms with E-state index in [-0.39, 0.29) is 10.8 Å². The van der Waals surface area contributed by atoms with Gasteiger partial charge in [0.2, 0.25) is 5.43 Å². The van der Waals surface area contributed by atoms with Crippen LogP contribution in [0.15, 0.2) is 137 Å². The first-order valence-electron chi connectivity index (χ1n) is 14.9. The minimum atomic E-state index is -0.289. The molecule has 4 heteroatoms. The second-order valence-electron chi connectivity index (χ2n) is 12.1. The van der Waals surface area contributed by atoms with Gasteiger partial charge in [0.15, 0.2) is 11.5 Å².